The van der Waals surface area contributed by atoms with Crippen LogP contribution in [0.15, 0.2) is 34.0 Å². The Bertz CT molecular complexity index is 1050. The molecule has 1 aliphatic rings. The highest BCUT2D eigenvalue weighted by Gasteiger charge is 2.21. The molecule has 8 heteroatoms. The van der Waals surface area contributed by atoms with E-state index in [0.717, 1.165) is 41.9 Å². The van der Waals surface area contributed by atoms with E-state index in [0.29, 0.717) is 15.7 Å². The van der Waals surface area contributed by atoms with Crippen LogP contribution < -0.4 is 5.32 Å². The van der Waals surface area contributed by atoms with E-state index >= 15 is 0 Å². The van der Waals surface area contributed by atoms with Crippen molar-refractivity contribution in [3.63, 3.8) is 0 Å². The molecule has 0 aliphatic heterocycles. The summed E-state index contributed by atoms with van der Waals surface area (Å²) in [6.07, 6.45) is 5.39. The summed E-state index contributed by atoms with van der Waals surface area (Å²) in [6.45, 7) is 1.84. The van der Waals surface area contributed by atoms with Crippen LogP contribution in [0.5, 0.6) is 0 Å². The molecular formula is C21H20N4OS3. The van der Waals surface area contributed by atoms with E-state index in [1.165, 1.54) is 35.1 Å². The van der Waals surface area contributed by atoms with Gasteiger partial charge in [-0.25, -0.2) is 9.97 Å². The molecular weight excluding hydrogens is 420 g/mol. The van der Waals surface area contributed by atoms with Crippen molar-refractivity contribution in [2.24, 2.45) is 0 Å². The monoisotopic (exact) mass is 440 g/mol. The molecule has 1 aliphatic carbocycles. The number of nitrogens with one attached hydrogen (secondary N) is 1. The van der Waals surface area contributed by atoms with Gasteiger partial charge in [-0.2, -0.15) is 5.26 Å². The topological polar surface area (TPSA) is 78.7 Å². The molecule has 4 rings (SSSR count). The molecule has 1 amide bonds. The molecule has 0 saturated carbocycles. The Hall–Kier alpha value is -2.21. The lowest BCUT2D eigenvalue weighted by atomic mass is 10.1. The predicted octanol–water partition coefficient (Wildman–Crippen LogP) is 5.53. The van der Waals surface area contributed by atoms with Crippen LogP contribution in [0.2, 0.25) is 0 Å². The number of rotatable bonds is 5. The Morgan fingerprint density at radius 3 is 2.93 bits per heavy atom. The van der Waals surface area contributed by atoms with Gasteiger partial charge in [0, 0.05) is 11.1 Å². The quantitative estimate of drug-likeness (QED) is 0.417. The number of thiazole rings is 1. The van der Waals surface area contributed by atoms with Gasteiger partial charge >= 0.3 is 0 Å². The third-order valence-electron chi connectivity index (χ3n) is 4.80. The highest BCUT2D eigenvalue weighted by atomic mass is 32.2. The fraction of sp³-hybridized carbons (Fsp3) is 0.333. The van der Waals surface area contributed by atoms with Crippen molar-refractivity contribution in [2.45, 2.75) is 49.3 Å². The molecule has 1 N–H and O–H groups in total. The van der Waals surface area contributed by atoms with Crippen LogP contribution in [0, 0.1) is 11.3 Å². The highest BCUT2D eigenvalue weighted by molar-refractivity contribution is 8.00. The standard InChI is InChI=1S/C21H20N4OS3/c1-13(19(26)25-21-24-17(12-28-21)18-8-5-9-27-18)29-20-15(11-22)10-14-6-3-2-4-7-16(14)23-20/h5,8-10,12-13H,2-4,6-7H2,1H3,(H,24,25,26). The molecule has 148 valence electrons. The zero-order valence-electron chi connectivity index (χ0n) is 16.0. The summed E-state index contributed by atoms with van der Waals surface area (Å²) < 4.78 is 0. The number of hydrogen-bond acceptors (Lipinski definition) is 7. The minimum atomic E-state index is -0.382. The first-order valence-corrected chi connectivity index (χ1v) is 12.2. The maximum Gasteiger partial charge on any atom is 0.239 e. The Balaban J connectivity index is 1.46. The Morgan fingerprint density at radius 2 is 2.14 bits per heavy atom. The van der Waals surface area contributed by atoms with Gasteiger partial charge in [-0.3, -0.25) is 4.79 Å². The van der Waals surface area contributed by atoms with Crippen molar-refractivity contribution in [3.05, 3.63) is 45.8 Å². The second-order valence-corrected chi connectivity index (χ2v) is 10.0. The lowest BCUT2D eigenvalue weighted by molar-refractivity contribution is -0.115. The Kier molecular flexibility index (Phi) is 6.28. The zero-order chi connectivity index (χ0) is 20.2. The first kappa shape index (κ1) is 20.1. The number of anilines is 1. The summed E-state index contributed by atoms with van der Waals surface area (Å²) in [5.74, 6) is -0.136. The summed E-state index contributed by atoms with van der Waals surface area (Å²) in [4.78, 5) is 23.0. The molecule has 0 bridgehead atoms. The first-order chi connectivity index (χ1) is 14.1. The number of carbonyl (C=O) groups is 1. The molecule has 1 unspecified atom stereocenters. The maximum absolute atomic E-state index is 12.7. The second-order valence-electron chi connectivity index (χ2n) is 6.88. The van der Waals surface area contributed by atoms with Gasteiger partial charge < -0.3 is 5.32 Å². The minimum absolute atomic E-state index is 0.136. The van der Waals surface area contributed by atoms with E-state index in [1.54, 1.807) is 11.3 Å². The predicted molar refractivity (Wildman–Crippen MR) is 120 cm³/mol. The molecule has 5 nitrogen and oxygen atoms in total. The number of hydrogen-bond donors (Lipinski definition) is 1. The van der Waals surface area contributed by atoms with Gasteiger partial charge in [0.05, 0.1) is 21.4 Å². The number of fused-ring (bicyclic) bond motifs is 1. The molecule has 3 heterocycles. The van der Waals surface area contributed by atoms with Gasteiger partial charge in [0.25, 0.3) is 0 Å². The second kappa shape index (κ2) is 9.08. The number of nitrogens with zero attached hydrogens (tertiary/aromatic N) is 3. The number of amides is 1. The van der Waals surface area contributed by atoms with Crippen molar-refractivity contribution in [1.82, 2.24) is 9.97 Å². The average Bonchev–Trinajstić information content (AvgIpc) is 3.36. The van der Waals surface area contributed by atoms with Gasteiger partial charge in [-0.05, 0) is 55.7 Å². The number of nitriles is 1. The van der Waals surface area contributed by atoms with Crippen LogP contribution in [-0.2, 0) is 17.6 Å². The molecule has 1 atom stereocenters. The van der Waals surface area contributed by atoms with E-state index in [-0.39, 0.29) is 11.2 Å². The van der Waals surface area contributed by atoms with E-state index in [9.17, 15) is 10.1 Å². The van der Waals surface area contributed by atoms with Gasteiger partial charge in [0.15, 0.2) is 5.13 Å². The molecule has 29 heavy (non-hydrogen) atoms. The van der Waals surface area contributed by atoms with E-state index in [1.807, 2.05) is 35.9 Å². The number of aromatic nitrogens is 2. The van der Waals surface area contributed by atoms with Gasteiger partial charge in [-0.1, -0.05) is 24.2 Å². The average molecular weight is 441 g/mol. The van der Waals surface area contributed by atoms with Crippen LogP contribution in [0.25, 0.3) is 10.6 Å². The van der Waals surface area contributed by atoms with Crippen molar-refractivity contribution in [2.75, 3.05) is 5.32 Å². The van der Waals surface area contributed by atoms with Crippen molar-refractivity contribution in [3.8, 4) is 16.6 Å². The van der Waals surface area contributed by atoms with Crippen LogP contribution in [0.4, 0.5) is 5.13 Å². The summed E-state index contributed by atoms with van der Waals surface area (Å²) >= 11 is 4.38. The summed E-state index contributed by atoms with van der Waals surface area (Å²) in [7, 11) is 0. The molecule has 3 aromatic rings. The number of thioether (sulfide) groups is 1. The highest BCUT2D eigenvalue weighted by Crippen LogP contribution is 2.31. The lowest BCUT2D eigenvalue weighted by Gasteiger charge is -2.13. The molecule has 0 aromatic carbocycles. The minimum Gasteiger partial charge on any atom is -0.301 e. The third-order valence-corrected chi connectivity index (χ3v) is 7.55. The number of pyridine rings is 1. The summed E-state index contributed by atoms with van der Waals surface area (Å²) in [6, 6.07) is 8.22. The number of aryl methyl sites for hydroxylation is 2. The van der Waals surface area contributed by atoms with Gasteiger partial charge in [-0.15, -0.1) is 22.7 Å². The van der Waals surface area contributed by atoms with E-state index in [2.05, 4.69) is 16.4 Å². The van der Waals surface area contributed by atoms with Crippen LogP contribution in [0.3, 0.4) is 0 Å². The Labute approximate surface area is 182 Å². The molecule has 0 fully saturated rings. The molecule has 0 spiro atoms. The zero-order valence-corrected chi connectivity index (χ0v) is 18.4. The van der Waals surface area contributed by atoms with Crippen molar-refractivity contribution < 1.29 is 4.79 Å². The van der Waals surface area contributed by atoms with Crippen LogP contribution in [0.1, 0.15) is 43.0 Å². The maximum atomic E-state index is 12.7. The van der Waals surface area contributed by atoms with Crippen molar-refractivity contribution in [1.29, 1.82) is 5.26 Å². The summed E-state index contributed by atoms with van der Waals surface area (Å²) in [5, 5.41) is 17.3. The summed E-state index contributed by atoms with van der Waals surface area (Å²) in [5.41, 5.74) is 3.70. The van der Waals surface area contributed by atoms with Crippen LogP contribution in [-0.4, -0.2) is 21.1 Å². The van der Waals surface area contributed by atoms with Gasteiger partial charge in [0.1, 0.15) is 11.1 Å². The van der Waals surface area contributed by atoms with Crippen molar-refractivity contribution >= 4 is 45.5 Å². The molecule has 3 aromatic heterocycles. The smallest absolute Gasteiger partial charge is 0.239 e. The fourth-order valence-electron chi connectivity index (χ4n) is 3.26. The molecule has 0 radical (unpaired) electrons. The normalized spacial score (nSPS) is 14.5. The largest absolute Gasteiger partial charge is 0.301 e. The number of carbonyl (C=O) groups excluding carboxylic acids is 1. The third kappa shape index (κ3) is 4.69. The van der Waals surface area contributed by atoms with E-state index in [4.69, 9.17) is 4.98 Å². The van der Waals surface area contributed by atoms with Crippen LogP contribution >= 0.6 is 34.4 Å². The first-order valence-electron chi connectivity index (χ1n) is 9.54. The molecule has 0 saturated heterocycles. The van der Waals surface area contributed by atoms with E-state index < -0.39 is 0 Å². The lowest BCUT2D eigenvalue weighted by Crippen LogP contribution is -2.22. The fourth-order valence-corrected chi connectivity index (χ4v) is 5.63. The Morgan fingerprint density at radius 1 is 1.28 bits per heavy atom. The SMILES string of the molecule is CC(Sc1nc2c(cc1C#N)CCCCC2)C(=O)Nc1nc(-c2cccs2)cs1. The van der Waals surface area contributed by atoms with Gasteiger partial charge in [0.2, 0.25) is 5.91 Å². The number of thiophene rings is 1.